The first-order valence-corrected chi connectivity index (χ1v) is 5.87. The summed E-state index contributed by atoms with van der Waals surface area (Å²) < 4.78 is 18.4. The summed E-state index contributed by atoms with van der Waals surface area (Å²) in [6.07, 6.45) is 0. The summed E-state index contributed by atoms with van der Waals surface area (Å²) in [5.41, 5.74) is 7.31. The van der Waals surface area contributed by atoms with Crippen LogP contribution in [0, 0.1) is 12.7 Å². The van der Waals surface area contributed by atoms with E-state index in [0.717, 1.165) is 5.56 Å². The van der Waals surface area contributed by atoms with Crippen LogP contribution in [0.4, 0.5) is 4.39 Å². The van der Waals surface area contributed by atoms with Crippen molar-refractivity contribution in [3.63, 3.8) is 0 Å². The van der Waals surface area contributed by atoms with Crippen molar-refractivity contribution in [1.82, 2.24) is 0 Å². The molecule has 4 heteroatoms. The zero-order valence-electron chi connectivity index (χ0n) is 10.5. The van der Waals surface area contributed by atoms with Crippen LogP contribution in [0.15, 0.2) is 42.5 Å². The third kappa shape index (κ3) is 3.17. The molecule has 2 N–H and O–H groups in total. The lowest BCUT2D eigenvalue weighted by Crippen LogP contribution is -2.09. The van der Waals surface area contributed by atoms with Crippen LogP contribution in [-0.2, 0) is 6.54 Å². The lowest BCUT2D eigenvalue weighted by Gasteiger charge is -2.06. The van der Waals surface area contributed by atoms with Crippen LogP contribution in [0.1, 0.15) is 21.5 Å². The Morgan fingerprint density at radius 1 is 1.21 bits per heavy atom. The fourth-order valence-electron chi connectivity index (χ4n) is 1.58. The Morgan fingerprint density at radius 2 is 1.89 bits per heavy atom. The van der Waals surface area contributed by atoms with Gasteiger partial charge in [0.1, 0.15) is 11.6 Å². The van der Waals surface area contributed by atoms with Gasteiger partial charge in [-0.1, -0.05) is 18.2 Å². The molecule has 0 aliphatic rings. The maximum absolute atomic E-state index is 13.3. The van der Waals surface area contributed by atoms with Crippen LogP contribution in [-0.4, -0.2) is 5.97 Å². The van der Waals surface area contributed by atoms with E-state index in [1.54, 1.807) is 43.3 Å². The fourth-order valence-corrected chi connectivity index (χ4v) is 1.58. The topological polar surface area (TPSA) is 52.3 Å². The van der Waals surface area contributed by atoms with Crippen molar-refractivity contribution < 1.29 is 13.9 Å². The molecule has 0 atom stereocenters. The summed E-state index contributed by atoms with van der Waals surface area (Å²) in [5, 5.41) is 0. The van der Waals surface area contributed by atoms with Gasteiger partial charge in [-0.15, -0.1) is 0 Å². The largest absolute Gasteiger partial charge is 0.423 e. The first-order chi connectivity index (χ1) is 9.10. The molecule has 0 saturated carbocycles. The molecule has 0 radical (unpaired) electrons. The van der Waals surface area contributed by atoms with Gasteiger partial charge in [0.2, 0.25) is 0 Å². The van der Waals surface area contributed by atoms with Crippen molar-refractivity contribution >= 4 is 5.97 Å². The molecule has 3 nitrogen and oxygen atoms in total. The highest BCUT2D eigenvalue weighted by molar-refractivity contribution is 5.91. The molecule has 0 amide bonds. The third-order valence-corrected chi connectivity index (χ3v) is 2.78. The Morgan fingerprint density at radius 3 is 2.47 bits per heavy atom. The molecule has 0 heterocycles. The molecule has 0 aliphatic carbocycles. The fraction of sp³-hybridized carbons (Fsp3) is 0.133. The summed E-state index contributed by atoms with van der Waals surface area (Å²) in [6.45, 7) is 2.06. The molecule has 0 saturated heterocycles. The normalized spacial score (nSPS) is 10.3. The third-order valence-electron chi connectivity index (χ3n) is 2.78. The van der Waals surface area contributed by atoms with Gasteiger partial charge in [-0.2, -0.15) is 0 Å². The number of rotatable bonds is 3. The number of esters is 1. The summed E-state index contributed by atoms with van der Waals surface area (Å²) >= 11 is 0. The number of aryl methyl sites for hydroxylation is 1. The van der Waals surface area contributed by atoms with Gasteiger partial charge in [-0.3, -0.25) is 0 Å². The van der Waals surface area contributed by atoms with Crippen LogP contribution < -0.4 is 10.5 Å². The molecule has 0 spiro atoms. The summed E-state index contributed by atoms with van der Waals surface area (Å²) in [7, 11) is 0. The number of hydrogen-bond acceptors (Lipinski definition) is 3. The zero-order valence-corrected chi connectivity index (χ0v) is 10.5. The number of nitrogens with two attached hydrogens (primary N) is 1. The molecule has 2 rings (SSSR count). The Kier molecular flexibility index (Phi) is 3.92. The van der Waals surface area contributed by atoms with Crippen LogP contribution >= 0.6 is 0 Å². The van der Waals surface area contributed by atoms with E-state index < -0.39 is 11.8 Å². The quantitative estimate of drug-likeness (QED) is 0.681. The van der Waals surface area contributed by atoms with Gasteiger partial charge in [0.15, 0.2) is 0 Å². The SMILES string of the molecule is Cc1ccc(OC(=O)c2ccc(CN)cc2)cc1F. The molecular weight excluding hydrogens is 245 g/mol. The van der Waals surface area contributed by atoms with E-state index in [9.17, 15) is 9.18 Å². The van der Waals surface area contributed by atoms with Gasteiger partial charge >= 0.3 is 5.97 Å². The predicted molar refractivity (Wildman–Crippen MR) is 70.4 cm³/mol. The van der Waals surface area contributed by atoms with Crippen molar-refractivity contribution in [2.75, 3.05) is 0 Å². The number of carbonyl (C=O) groups excluding carboxylic acids is 1. The van der Waals surface area contributed by atoms with E-state index in [0.29, 0.717) is 17.7 Å². The molecule has 98 valence electrons. The number of ether oxygens (including phenoxy) is 1. The van der Waals surface area contributed by atoms with Crippen LogP contribution in [0.2, 0.25) is 0 Å². The van der Waals surface area contributed by atoms with Crippen LogP contribution in [0.3, 0.4) is 0 Å². The second kappa shape index (κ2) is 5.63. The molecule has 2 aromatic rings. The minimum Gasteiger partial charge on any atom is -0.423 e. The van der Waals surface area contributed by atoms with E-state index in [-0.39, 0.29) is 5.75 Å². The Balaban J connectivity index is 2.13. The minimum atomic E-state index is -0.521. The van der Waals surface area contributed by atoms with E-state index in [1.807, 2.05) is 0 Å². The monoisotopic (exact) mass is 259 g/mol. The summed E-state index contributed by atoms with van der Waals surface area (Å²) in [5.74, 6) is -0.730. The van der Waals surface area contributed by atoms with Crippen molar-refractivity contribution in [1.29, 1.82) is 0 Å². The van der Waals surface area contributed by atoms with Gasteiger partial charge in [0.05, 0.1) is 5.56 Å². The molecule has 0 aliphatic heterocycles. The molecular formula is C15H14FNO2. The lowest BCUT2D eigenvalue weighted by atomic mass is 10.1. The van der Waals surface area contributed by atoms with Gasteiger partial charge in [-0.25, -0.2) is 9.18 Å². The highest BCUT2D eigenvalue weighted by Crippen LogP contribution is 2.17. The standard InChI is InChI=1S/C15H14FNO2/c1-10-2-7-13(8-14(10)16)19-15(18)12-5-3-11(9-17)4-6-12/h2-8H,9,17H2,1H3. The first-order valence-electron chi connectivity index (χ1n) is 5.87. The average Bonchev–Trinajstić information content (AvgIpc) is 2.43. The van der Waals surface area contributed by atoms with E-state index >= 15 is 0 Å². The number of halogens is 1. The smallest absolute Gasteiger partial charge is 0.343 e. The Labute approximate surface area is 110 Å². The number of hydrogen-bond donors (Lipinski definition) is 1. The first kappa shape index (κ1) is 13.2. The number of benzene rings is 2. The van der Waals surface area contributed by atoms with Crippen molar-refractivity contribution in [3.05, 3.63) is 65.0 Å². The van der Waals surface area contributed by atoms with Gasteiger partial charge in [-0.05, 0) is 36.2 Å². The molecule has 0 unspecified atom stereocenters. The van der Waals surface area contributed by atoms with Gasteiger partial charge in [0, 0.05) is 12.6 Å². The Bertz CT molecular complexity index is 594. The second-order valence-electron chi connectivity index (χ2n) is 4.20. The molecule has 2 aromatic carbocycles. The van der Waals surface area contributed by atoms with Crippen LogP contribution in [0.5, 0.6) is 5.75 Å². The Hall–Kier alpha value is -2.20. The summed E-state index contributed by atoms with van der Waals surface area (Å²) in [4.78, 5) is 11.8. The zero-order chi connectivity index (χ0) is 13.8. The maximum atomic E-state index is 13.3. The lowest BCUT2D eigenvalue weighted by molar-refractivity contribution is 0.0734. The average molecular weight is 259 g/mol. The highest BCUT2D eigenvalue weighted by Gasteiger charge is 2.09. The van der Waals surface area contributed by atoms with Gasteiger partial charge < -0.3 is 10.5 Å². The predicted octanol–water partition coefficient (Wildman–Crippen LogP) is 2.81. The molecule has 0 aromatic heterocycles. The van der Waals surface area contributed by atoms with Gasteiger partial charge in [0.25, 0.3) is 0 Å². The van der Waals surface area contributed by atoms with E-state index in [2.05, 4.69) is 0 Å². The van der Waals surface area contributed by atoms with Crippen LogP contribution in [0.25, 0.3) is 0 Å². The van der Waals surface area contributed by atoms with Crippen molar-refractivity contribution in [3.8, 4) is 5.75 Å². The highest BCUT2D eigenvalue weighted by atomic mass is 19.1. The van der Waals surface area contributed by atoms with Crippen molar-refractivity contribution in [2.24, 2.45) is 5.73 Å². The molecule has 0 bridgehead atoms. The second-order valence-corrected chi connectivity index (χ2v) is 4.20. The summed E-state index contributed by atoms with van der Waals surface area (Å²) in [6, 6.07) is 11.1. The molecule has 19 heavy (non-hydrogen) atoms. The van der Waals surface area contributed by atoms with E-state index in [1.165, 1.54) is 6.07 Å². The molecule has 0 fully saturated rings. The van der Waals surface area contributed by atoms with Crippen molar-refractivity contribution in [2.45, 2.75) is 13.5 Å². The van der Waals surface area contributed by atoms with E-state index in [4.69, 9.17) is 10.5 Å². The number of carbonyl (C=O) groups is 1. The minimum absolute atomic E-state index is 0.191. The maximum Gasteiger partial charge on any atom is 0.343 e.